The number of aryl methyl sites for hydroxylation is 1. The van der Waals surface area contributed by atoms with Crippen LogP contribution in [0.15, 0.2) is 60.9 Å². The molecule has 0 fully saturated rings. The number of hydrogen-bond donors (Lipinski definition) is 1. The molecule has 0 unspecified atom stereocenters. The van der Waals surface area contributed by atoms with Crippen molar-refractivity contribution in [2.75, 3.05) is 16.8 Å². The number of imidazole rings is 1. The van der Waals surface area contributed by atoms with Gasteiger partial charge in [-0.1, -0.05) is 12.1 Å². The summed E-state index contributed by atoms with van der Waals surface area (Å²) in [6, 6.07) is 16.1. The summed E-state index contributed by atoms with van der Waals surface area (Å²) in [5.41, 5.74) is 3.74. The lowest BCUT2D eigenvalue weighted by atomic mass is 10.1. The summed E-state index contributed by atoms with van der Waals surface area (Å²) in [5.74, 6) is 0.886. The van der Waals surface area contributed by atoms with Gasteiger partial charge in [0.2, 0.25) is 0 Å². The van der Waals surface area contributed by atoms with Crippen molar-refractivity contribution in [1.29, 1.82) is 0 Å². The van der Waals surface area contributed by atoms with E-state index in [9.17, 15) is 4.79 Å². The van der Waals surface area contributed by atoms with Gasteiger partial charge in [0, 0.05) is 48.5 Å². The molecular weight excluding hydrogens is 348 g/mol. The van der Waals surface area contributed by atoms with Crippen LogP contribution in [0.3, 0.4) is 0 Å². The largest absolute Gasteiger partial charge is 0.369 e. The predicted molar refractivity (Wildman–Crippen MR) is 115 cm³/mol. The summed E-state index contributed by atoms with van der Waals surface area (Å²) in [7, 11) is 0. The summed E-state index contributed by atoms with van der Waals surface area (Å²) in [5, 5.41) is 2.97. The standard InChI is InChI=1S/C23H28N4O/c1-5-27(17(2)3)22-12-8-20(9-13-22)23(28)25-21-10-6-19(7-11-21)16-26-15-14-24-18(26)4/h6-15,17H,5,16H2,1-4H3,(H,25,28). The van der Waals surface area contributed by atoms with Gasteiger partial charge in [-0.05, 0) is 69.7 Å². The molecule has 5 nitrogen and oxygen atoms in total. The van der Waals surface area contributed by atoms with Gasteiger partial charge in [0.25, 0.3) is 5.91 Å². The fourth-order valence-electron chi connectivity index (χ4n) is 3.31. The van der Waals surface area contributed by atoms with Gasteiger partial charge in [0.15, 0.2) is 0 Å². The predicted octanol–water partition coefficient (Wildman–Crippen LogP) is 4.73. The van der Waals surface area contributed by atoms with Crippen LogP contribution >= 0.6 is 0 Å². The number of benzene rings is 2. The Labute approximate surface area is 167 Å². The Morgan fingerprint density at radius 1 is 1.11 bits per heavy atom. The van der Waals surface area contributed by atoms with Gasteiger partial charge in [0.05, 0.1) is 0 Å². The first-order valence-corrected chi connectivity index (χ1v) is 9.72. The van der Waals surface area contributed by atoms with Gasteiger partial charge in [-0.2, -0.15) is 0 Å². The maximum atomic E-state index is 12.5. The molecule has 5 heteroatoms. The molecule has 1 amide bonds. The Morgan fingerprint density at radius 2 is 1.79 bits per heavy atom. The monoisotopic (exact) mass is 376 g/mol. The molecule has 1 N–H and O–H groups in total. The van der Waals surface area contributed by atoms with E-state index in [0.717, 1.165) is 35.9 Å². The van der Waals surface area contributed by atoms with Gasteiger partial charge < -0.3 is 14.8 Å². The molecule has 0 saturated heterocycles. The van der Waals surface area contributed by atoms with E-state index in [1.54, 1.807) is 6.20 Å². The molecule has 0 radical (unpaired) electrons. The highest BCUT2D eigenvalue weighted by Crippen LogP contribution is 2.19. The molecule has 3 aromatic rings. The number of amides is 1. The summed E-state index contributed by atoms with van der Waals surface area (Å²) in [6.45, 7) is 10.2. The van der Waals surface area contributed by atoms with Crippen molar-refractivity contribution in [3.8, 4) is 0 Å². The highest BCUT2D eigenvalue weighted by Gasteiger charge is 2.10. The maximum Gasteiger partial charge on any atom is 0.255 e. The molecule has 3 rings (SSSR count). The molecule has 0 aliphatic carbocycles. The Kier molecular flexibility index (Phi) is 6.14. The van der Waals surface area contributed by atoms with Crippen molar-refractivity contribution in [3.63, 3.8) is 0 Å². The first kappa shape index (κ1) is 19.7. The number of carbonyl (C=O) groups is 1. The van der Waals surface area contributed by atoms with E-state index < -0.39 is 0 Å². The number of hydrogen-bond acceptors (Lipinski definition) is 3. The summed E-state index contributed by atoms with van der Waals surface area (Å²) < 4.78 is 2.09. The first-order chi connectivity index (χ1) is 13.5. The van der Waals surface area contributed by atoms with E-state index in [2.05, 4.69) is 40.5 Å². The highest BCUT2D eigenvalue weighted by molar-refractivity contribution is 6.04. The third kappa shape index (κ3) is 4.60. The van der Waals surface area contributed by atoms with Crippen LogP contribution in [0.4, 0.5) is 11.4 Å². The van der Waals surface area contributed by atoms with Crippen molar-refractivity contribution in [3.05, 3.63) is 77.9 Å². The van der Waals surface area contributed by atoms with E-state index in [1.807, 2.05) is 61.7 Å². The zero-order valence-electron chi connectivity index (χ0n) is 17.0. The Hall–Kier alpha value is -3.08. The Bertz CT molecular complexity index is 911. The molecule has 2 aromatic carbocycles. The number of nitrogens with one attached hydrogen (secondary N) is 1. The minimum absolute atomic E-state index is 0.0997. The molecule has 1 aromatic heterocycles. The molecule has 0 aliphatic heterocycles. The van der Waals surface area contributed by atoms with Crippen LogP contribution in [-0.4, -0.2) is 28.0 Å². The van der Waals surface area contributed by atoms with Crippen LogP contribution < -0.4 is 10.2 Å². The summed E-state index contributed by atoms with van der Waals surface area (Å²) in [6.07, 6.45) is 3.77. The third-order valence-corrected chi connectivity index (χ3v) is 4.91. The van der Waals surface area contributed by atoms with Crippen molar-refractivity contribution in [2.24, 2.45) is 0 Å². The topological polar surface area (TPSA) is 50.2 Å². The number of rotatable bonds is 7. The minimum atomic E-state index is -0.0997. The number of carbonyl (C=O) groups excluding carboxylic acids is 1. The van der Waals surface area contributed by atoms with E-state index >= 15 is 0 Å². The van der Waals surface area contributed by atoms with Gasteiger partial charge >= 0.3 is 0 Å². The SMILES string of the molecule is CCN(c1ccc(C(=O)Nc2ccc(Cn3ccnc3C)cc2)cc1)C(C)C. The van der Waals surface area contributed by atoms with Crippen molar-refractivity contribution < 1.29 is 4.79 Å². The molecule has 0 bridgehead atoms. The summed E-state index contributed by atoms with van der Waals surface area (Å²) in [4.78, 5) is 19.1. The number of anilines is 2. The first-order valence-electron chi connectivity index (χ1n) is 9.72. The molecule has 1 heterocycles. The molecule has 0 atom stereocenters. The lowest BCUT2D eigenvalue weighted by Gasteiger charge is -2.27. The van der Waals surface area contributed by atoms with Crippen LogP contribution in [-0.2, 0) is 6.54 Å². The number of aromatic nitrogens is 2. The zero-order valence-corrected chi connectivity index (χ0v) is 17.0. The summed E-state index contributed by atoms with van der Waals surface area (Å²) >= 11 is 0. The molecule has 0 spiro atoms. The van der Waals surface area contributed by atoms with Gasteiger partial charge in [-0.3, -0.25) is 4.79 Å². The third-order valence-electron chi connectivity index (χ3n) is 4.91. The van der Waals surface area contributed by atoms with Crippen molar-refractivity contribution in [2.45, 2.75) is 40.3 Å². The van der Waals surface area contributed by atoms with E-state index in [0.29, 0.717) is 11.6 Å². The molecule has 0 aliphatic rings. The average Bonchev–Trinajstić information content (AvgIpc) is 3.09. The smallest absolute Gasteiger partial charge is 0.255 e. The maximum absolute atomic E-state index is 12.5. The lowest BCUT2D eigenvalue weighted by Crippen LogP contribution is -2.30. The normalized spacial score (nSPS) is 10.9. The minimum Gasteiger partial charge on any atom is -0.369 e. The molecule has 0 saturated carbocycles. The van der Waals surface area contributed by atoms with E-state index in [-0.39, 0.29) is 5.91 Å². The molecule has 146 valence electrons. The lowest BCUT2D eigenvalue weighted by molar-refractivity contribution is 0.102. The van der Waals surface area contributed by atoms with Crippen LogP contribution in [0.25, 0.3) is 0 Å². The van der Waals surface area contributed by atoms with Crippen LogP contribution in [0.5, 0.6) is 0 Å². The van der Waals surface area contributed by atoms with Crippen LogP contribution in [0, 0.1) is 6.92 Å². The second-order valence-electron chi connectivity index (χ2n) is 7.18. The van der Waals surface area contributed by atoms with E-state index in [1.165, 1.54) is 0 Å². The van der Waals surface area contributed by atoms with Crippen molar-refractivity contribution >= 4 is 17.3 Å². The second kappa shape index (κ2) is 8.74. The Morgan fingerprint density at radius 3 is 2.32 bits per heavy atom. The zero-order chi connectivity index (χ0) is 20.1. The van der Waals surface area contributed by atoms with Crippen LogP contribution in [0.1, 0.15) is 42.5 Å². The highest BCUT2D eigenvalue weighted by atomic mass is 16.1. The van der Waals surface area contributed by atoms with Gasteiger partial charge in [-0.15, -0.1) is 0 Å². The van der Waals surface area contributed by atoms with Crippen molar-refractivity contribution in [1.82, 2.24) is 9.55 Å². The van der Waals surface area contributed by atoms with Crippen LogP contribution in [0.2, 0.25) is 0 Å². The van der Waals surface area contributed by atoms with Gasteiger partial charge in [0.1, 0.15) is 5.82 Å². The fourth-order valence-corrected chi connectivity index (χ4v) is 3.31. The van der Waals surface area contributed by atoms with Gasteiger partial charge in [-0.25, -0.2) is 4.98 Å². The second-order valence-corrected chi connectivity index (χ2v) is 7.18. The molecular formula is C23H28N4O. The average molecular weight is 377 g/mol. The quantitative estimate of drug-likeness (QED) is 0.649. The number of nitrogens with zero attached hydrogens (tertiary/aromatic N) is 3. The Balaban J connectivity index is 1.63. The molecule has 28 heavy (non-hydrogen) atoms. The van der Waals surface area contributed by atoms with E-state index in [4.69, 9.17) is 0 Å². The fraction of sp³-hybridized carbons (Fsp3) is 0.304.